The van der Waals surface area contributed by atoms with E-state index in [0.29, 0.717) is 44.7 Å². The summed E-state index contributed by atoms with van der Waals surface area (Å²) in [6.07, 6.45) is 2.15. The highest BCUT2D eigenvalue weighted by molar-refractivity contribution is 7.88. The van der Waals surface area contributed by atoms with Crippen LogP contribution in [-0.2, 0) is 27.1 Å². The molecule has 0 bridgehead atoms. The first-order chi connectivity index (χ1) is 16.1. The molecular weight excluding hydrogens is 467 g/mol. The minimum absolute atomic E-state index is 0.0107. The van der Waals surface area contributed by atoms with Crippen molar-refractivity contribution in [3.63, 3.8) is 0 Å². The molecule has 1 aliphatic carbocycles. The van der Waals surface area contributed by atoms with Crippen molar-refractivity contribution in [1.29, 1.82) is 0 Å². The second kappa shape index (κ2) is 9.95. The molecule has 1 aliphatic heterocycles. The molecule has 1 amide bonds. The topological polar surface area (TPSA) is 60.9 Å². The van der Waals surface area contributed by atoms with E-state index in [1.165, 1.54) is 17.3 Å². The Morgan fingerprint density at radius 1 is 0.971 bits per heavy atom. The number of hydrogen-bond donors (Lipinski definition) is 0. The predicted molar refractivity (Wildman–Crippen MR) is 123 cm³/mol. The molecule has 2 aromatic carbocycles. The van der Waals surface area contributed by atoms with E-state index in [1.807, 2.05) is 4.90 Å². The summed E-state index contributed by atoms with van der Waals surface area (Å²) in [5.41, 5.74) is 0.649. The molecule has 34 heavy (non-hydrogen) atoms. The lowest BCUT2D eigenvalue weighted by Gasteiger charge is -2.37. The van der Waals surface area contributed by atoms with Crippen molar-refractivity contribution in [2.24, 2.45) is 0 Å². The molecule has 6 nitrogen and oxygen atoms in total. The van der Waals surface area contributed by atoms with Crippen LogP contribution < -0.4 is 4.90 Å². The van der Waals surface area contributed by atoms with Gasteiger partial charge < -0.3 is 9.80 Å². The molecule has 1 saturated carbocycles. The zero-order valence-corrected chi connectivity index (χ0v) is 19.8. The van der Waals surface area contributed by atoms with Gasteiger partial charge in [0.1, 0.15) is 17.5 Å². The van der Waals surface area contributed by atoms with E-state index in [0.717, 1.165) is 24.6 Å². The van der Waals surface area contributed by atoms with Crippen LogP contribution in [0.2, 0.25) is 0 Å². The quantitative estimate of drug-likeness (QED) is 0.588. The Morgan fingerprint density at radius 2 is 1.68 bits per heavy atom. The van der Waals surface area contributed by atoms with Gasteiger partial charge in [-0.25, -0.2) is 21.6 Å². The van der Waals surface area contributed by atoms with E-state index in [9.17, 15) is 22.0 Å². The van der Waals surface area contributed by atoms with Crippen molar-refractivity contribution in [2.75, 3.05) is 31.1 Å². The van der Waals surface area contributed by atoms with Crippen LogP contribution in [0.1, 0.15) is 37.3 Å². The minimum atomic E-state index is -4.02. The van der Waals surface area contributed by atoms with Crippen LogP contribution in [-0.4, -0.2) is 55.8 Å². The van der Waals surface area contributed by atoms with Gasteiger partial charge in [-0.3, -0.25) is 4.79 Å². The van der Waals surface area contributed by atoms with Crippen LogP contribution in [0.3, 0.4) is 0 Å². The second-order valence-electron chi connectivity index (χ2n) is 8.89. The van der Waals surface area contributed by atoms with Crippen molar-refractivity contribution in [1.82, 2.24) is 9.21 Å². The summed E-state index contributed by atoms with van der Waals surface area (Å²) >= 11 is 0. The number of rotatable bonds is 7. The Labute approximate surface area is 198 Å². The SMILES string of the molecule is CC(=O)N1CCN(c2ccc(CN(C3CCC3)S(=O)(=O)Cc3cc(F)ccc3F)c(F)c2)CC1. The normalized spacial score (nSPS) is 17.2. The lowest BCUT2D eigenvalue weighted by Crippen LogP contribution is -2.48. The summed E-state index contributed by atoms with van der Waals surface area (Å²) in [7, 11) is -4.02. The number of nitrogens with zero attached hydrogens (tertiary/aromatic N) is 3. The van der Waals surface area contributed by atoms with E-state index < -0.39 is 33.2 Å². The summed E-state index contributed by atoms with van der Waals surface area (Å²) in [4.78, 5) is 15.2. The average molecular weight is 496 g/mol. The van der Waals surface area contributed by atoms with Crippen LogP contribution in [0, 0.1) is 17.5 Å². The molecule has 0 aromatic heterocycles. The van der Waals surface area contributed by atoms with Gasteiger partial charge >= 0.3 is 0 Å². The molecule has 1 saturated heterocycles. The van der Waals surface area contributed by atoms with Crippen LogP contribution in [0.4, 0.5) is 18.9 Å². The molecule has 4 rings (SSSR count). The number of anilines is 1. The first-order valence-electron chi connectivity index (χ1n) is 11.4. The maximum Gasteiger partial charge on any atom is 0.219 e. The molecule has 10 heteroatoms. The summed E-state index contributed by atoms with van der Waals surface area (Å²) < 4.78 is 70.3. The summed E-state index contributed by atoms with van der Waals surface area (Å²) in [5, 5.41) is 0. The van der Waals surface area contributed by atoms with Crippen LogP contribution in [0.5, 0.6) is 0 Å². The third kappa shape index (κ3) is 5.38. The number of carbonyl (C=O) groups excluding carboxylic acids is 1. The lowest BCUT2D eigenvalue weighted by atomic mass is 9.93. The molecule has 2 fully saturated rings. The third-order valence-electron chi connectivity index (χ3n) is 6.64. The van der Waals surface area contributed by atoms with Crippen molar-refractivity contribution in [3.05, 3.63) is 65.0 Å². The van der Waals surface area contributed by atoms with E-state index in [-0.39, 0.29) is 29.6 Å². The van der Waals surface area contributed by atoms with Crippen LogP contribution in [0.15, 0.2) is 36.4 Å². The Bertz CT molecular complexity index is 1160. The van der Waals surface area contributed by atoms with Gasteiger partial charge in [0.2, 0.25) is 15.9 Å². The van der Waals surface area contributed by atoms with Crippen LogP contribution in [0.25, 0.3) is 0 Å². The molecule has 1 heterocycles. The molecular formula is C24H28F3N3O3S. The van der Waals surface area contributed by atoms with Gasteiger partial charge in [0.05, 0.1) is 5.75 Å². The first-order valence-corrected chi connectivity index (χ1v) is 13.0. The first kappa shape index (κ1) is 24.5. The predicted octanol–water partition coefficient (Wildman–Crippen LogP) is 3.66. The fourth-order valence-corrected chi connectivity index (χ4v) is 6.15. The molecule has 184 valence electrons. The second-order valence-corrected chi connectivity index (χ2v) is 10.8. The van der Waals surface area contributed by atoms with E-state index >= 15 is 4.39 Å². The van der Waals surface area contributed by atoms with Gasteiger partial charge in [0, 0.05) is 62.5 Å². The number of hydrogen-bond acceptors (Lipinski definition) is 4. The Kier molecular flexibility index (Phi) is 7.18. The Hall–Kier alpha value is -2.59. The van der Waals surface area contributed by atoms with Crippen molar-refractivity contribution in [3.8, 4) is 0 Å². The molecule has 0 unspecified atom stereocenters. The number of benzene rings is 2. The van der Waals surface area contributed by atoms with Gasteiger partial charge in [-0.15, -0.1) is 0 Å². The van der Waals surface area contributed by atoms with E-state index in [4.69, 9.17) is 0 Å². The fourth-order valence-electron chi connectivity index (χ4n) is 4.37. The van der Waals surface area contributed by atoms with E-state index in [1.54, 1.807) is 17.0 Å². The lowest BCUT2D eigenvalue weighted by molar-refractivity contribution is -0.129. The number of halogens is 3. The number of sulfonamides is 1. The highest BCUT2D eigenvalue weighted by Gasteiger charge is 2.35. The monoisotopic (exact) mass is 495 g/mol. The number of carbonyl (C=O) groups is 1. The van der Waals surface area contributed by atoms with Gasteiger partial charge in [0.25, 0.3) is 0 Å². The maximum absolute atomic E-state index is 15.1. The zero-order chi connectivity index (χ0) is 24.5. The van der Waals surface area contributed by atoms with Gasteiger partial charge in [-0.2, -0.15) is 4.31 Å². The summed E-state index contributed by atoms with van der Waals surface area (Å²) in [6.45, 7) is 3.63. The highest BCUT2D eigenvalue weighted by Crippen LogP contribution is 2.31. The molecule has 0 spiro atoms. The summed E-state index contributed by atoms with van der Waals surface area (Å²) in [6, 6.07) is 7.14. The Morgan fingerprint density at radius 3 is 2.26 bits per heavy atom. The summed E-state index contributed by atoms with van der Waals surface area (Å²) in [5.74, 6) is -2.71. The molecule has 0 atom stereocenters. The van der Waals surface area contributed by atoms with Crippen LogP contribution >= 0.6 is 0 Å². The van der Waals surface area contributed by atoms with Gasteiger partial charge in [-0.05, 0) is 43.2 Å². The third-order valence-corrected chi connectivity index (χ3v) is 8.46. The highest BCUT2D eigenvalue weighted by atomic mass is 32.2. The standard InChI is InChI=1S/C24H28F3N3O3S/c1-17(31)28-9-11-29(12-10-28)22-7-5-18(24(27)14-22)15-30(21-3-2-4-21)34(32,33)16-19-13-20(25)6-8-23(19)26/h5-8,13-14,21H,2-4,9-12,15-16H2,1H3. The largest absolute Gasteiger partial charge is 0.368 e. The molecule has 0 radical (unpaired) electrons. The number of amides is 1. The van der Waals surface area contributed by atoms with Gasteiger partial charge in [-0.1, -0.05) is 12.5 Å². The zero-order valence-electron chi connectivity index (χ0n) is 19.0. The molecule has 0 N–H and O–H groups in total. The maximum atomic E-state index is 15.1. The Balaban J connectivity index is 1.51. The molecule has 2 aliphatic rings. The van der Waals surface area contributed by atoms with E-state index in [2.05, 4.69) is 0 Å². The van der Waals surface area contributed by atoms with Crippen molar-refractivity contribution in [2.45, 2.75) is 44.5 Å². The number of piperazine rings is 1. The van der Waals surface area contributed by atoms with Crippen molar-refractivity contribution < 1.29 is 26.4 Å². The fraction of sp³-hybridized carbons (Fsp3) is 0.458. The average Bonchev–Trinajstić information content (AvgIpc) is 2.75. The van der Waals surface area contributed by atoms with Crippen molar-refractivity contribution >= 4 is 21.6 Å². The smallest absolute Gasteiger partial charge is 0.219 e. The minimum Gasteiger partial charge on any atom is -0.368 e. The van der Waals surface area contributed by atoms with Gasteiger partial charge in [0.15, 0.2) is 0 Å². The molecule has 2 aromatic rings.